The maximum Gasteiger partial charge on any atom is 0.490 e. The molecule has 48 heavy (non-hydrogen) atoms. The van der Waals surface area contributed by atoms with Crippen LogP contribution in [0, 0.1) is 5.41 Å². The van der Waals surface area contributed by atoms with Crippen LogP contribution in [-0.4, -0.2) is 112 Å². The number of aromatic nitrogens is 4. The van der Waals surface area contributed by atoms with Gasteiger partial charge < -0.3 is 45.9 Å². The maximum absolute atomic E-state index is 13.3. The van der Waals surface area contributed by atoms with E-state index in [4.69, 9.17) is 14.7 Å². The highest BCUT2D eigenvalue weighted by Gasteiger charge is 2.51. The molecule has 18 heteroatoms. The molecule has 3 amide bonds. The highest BCUT2D eigenvalue weighted by Crippen LogP contribution is 2.38. The summed E-state index contributed by atoms with van der Waals surface area (Å²) < 4.78 is 46.2. The summed E-state index contributed by atoms with van der Waals surface area (Å²) in [4.78, 5) is 52.7. The highest BCUT2D eigenvalue weighted by molar-refractivity contribution is 5.85. The second-order valence-electron chi connectivity index (χ2n) is 13.9. The lowest BCUT2D eigenvalue weighted by Gasteiger charge is -2.25. The third kappa shape index (κ3) is 8.37. The number of ether oxygens (including phenoxy) is 1. The van der Waals surface area contributed by atoms with Crippen molar-refractivity contribution in [3.63, 3.8) is 0 Å². The number of amides is 3. The first-order valence-corrected chi connectivity index (χ1v) is 16.4. The first kappa shape index (κ1) is 35.4. The number of fused-ring (bicyclic) bond motifs is 1. The number of rotatable bonds is 10. The Balaban J connectivity index is 1.45. The molecule has 0 aromatic carbocycles. The van der Waals surface area contributed by atoms with Gasteiger partial charge in [-0.1, -0.05) is 27.7 Å². The summed E-state index contributed by atoms with van der Waals surface area (Å²) >= 11 is 0. The minimum atomic E-state index is -5.29. The number of carbonyl (C=O) groups is 3. The monoisotopic (exact) mass is 682 g/mol. The molecule has 3 fully saturated rings. The molecule has 2 saturated heterocycles. The molecule has 5 rings (SSSR count). The summed E-state index contributed by atoms with van der Waals surface area (Å²) in [5.74, 6) is -2.16. The molecular formula is C30H45F3N10O5. The highest BCUT2D eigenvalue weighted by atomic mass is 19.4. The first-order chi connectivity index (χ1) is 22.6. The van der Waals surface area contributed by atoms with Crippen LogP contribution < -0.4 is 31.5 Å². The van der Waals surface area contributed by atoms with Crippen molar-refractivity contribution >= 4 is 40.8 Å². The predicted octanol–water partition coefficient (Wildman–Crippen LogP) is 1.59. The molecule has 3 aliphatic rings. The van der Waals surface area contributed by atoms with Crippen LogP contribution in [0.4, 0.5) is 29.7 Å². The van der Waals surface area contributed by atoms with Crippen molar-refractivity contribution in [2.24, 2.45) is 5.41 Å². The summed E-state index contributed by atoms with van der Waals surface area (Å²) in [5.41, 5.74) is 0.592. The minimum absolute atomic E-state index is 0.0117. The number of anilines is 2. The zero-order valence-electron chi connectivity index (χ0n) is 27.6. The second kappa shape index (κ2) is 14.3. The number of carbonyl (C=O) groups excluding carboxylic acids is 3. The molecule has 4 heterocycles. The van der Waals surface area contributed by atoms with Gasteiger partial charge in [0.05, 0.1) is 18.4 Å². The van der Waals surface area contributed by atoms with E-state index < -0.39 is 42.3 Å². The van der Waals surface area contributed by atoms with Gasteiger partial charge in [0.2, 0.25) is 11.9 Å². The van der Waals surface area contributed by atoms with Crippen molar-refractivity contribution in [1.82, 2.24) is 40.8 Å². The Morgan fingerprint density at radius 1 is 1.10 bits per heavy atom. The number of halogens is 3. The fourth-order valence-electron chi connectivity index (χ4n) is 6.27. The number of hydrogen-bond acceptors (Lipinski definition) is 11. The smallest absolute Gasteiger partial charge is 0.451 e. The van der Waals surface area contributed by atoms with Crippen molar-refractivity contribution in [1.29, 1.82) is 0 Å². The van der Waals surface area contributed by atoms with Gasteiger partial charge in [0.1, 0.15) is 6.10 Å². The number of imidazole rings is 1. The largest absolute Gasteiger partial charge is 0.490 e. The summed E-state index contributed by atoms with van der Waals surface area (Å²) in [7, 11) is 0. The Kier molecular flexibility index (Phi) is 10.5. The van der Waals surface area contributed by atoms with E-state index in [9.17, 15) is 32.7 Å². The summed E-state index contributed by atoms with van der Waals surface area (Å²) in [6, 6.07) is -2.41. The van der Waals surface area contributed by atoms with E-state index in [-0.39, 0.29) is 42.0 Å². The number of hydrogen-bond donors (Lipinski definition) is 6. The Morgan fingerprint density at radius 3 is 2.52 bits per heavy atom. The topological polar surface area (TPSA) is 188 Å². The van der Waals surface area contributed by atoms with Gasteiger partial charge in [-0.3, -0.25) is 4.79 Å². The normalized spacial score (nSPS) is 26.1. The molecule has 2 aliphatic heterocycles. The van der Waals surface area contributed by atoms with E-state index in [1.165, 1.54) is 10.9 Å². The molecule has 1 saturated carbocycles. The van der Waals surface area contributed by atoms with Crippen LogP contribution in [0.15, 0.2) is 6.33 Å². The van der Waals surface area contributed by atoms with Crippen molar-refractivity contribution in [3.8, 4) is 0 Å². The van der Waals surface area contributed by atoms with Crippen molar-refractivity contribution < 1.29 is 37.4 Å². The van der Waals surface area contributed by atoms with Crippen molar-refractivity contribution in [2.45, 2.75) is 102 Å². The number of urea groups is 1. The molecule has 15 nitrogen and oxygen atoms in total. The number of aliphatic hydroxyl groups excluding tert-OH is 1. The number of alkyl halides is 3. The summed E-state index contributed by atoms with van der Waals surface area (Å²) in [5, 5.41) is 26.2. The van der Waals surface area contributed by atoms with Gasteiger partial charge in [0, 0.05) is 44.7 Å². The Morgan fingerprint density at radius 2 is 1.85 bits per heavy atom. The Labute approximate surface area is 276 Å². The van der Waals surface area contributed by atoms with Gasteiger partial charge in [-0.15, -0.1) is 0 Å². The third-order valence-electron chi connectivity index (χ3n) is 8.90. The number of nitrogens with one attached hydrogen (secondary N) is 5. The van der Waals surface area contributed by atoms with Crippen LogP contribution >= 0.6 is 0 Å². The standard InChI is InChI=1S/C30H45F3N10O5/c1-5-20(44)39-18-12-19(23(22(18)45)48-26(46)30(31,32)33)43-15-36-21-24(35-10-8-29(2,3)4)40-27(41-25(21)43)42-11-7-17(14-42)38-28(47)37-16-6-9-34-13-16/h15-19,22-23,34,45H,5-14H2,1-4H3,(H,39,44)(H,35,40,41)(H2,37,38,47)/t16-,17-,18+,19-,22-,23+/m1/s1. The first-order valence-electron chi connectivity index (χ1n) is 16.4. The third-order valence-corrected chi connectivity index (χ3v) is 8.90. The number of aliphatic hydroxyl groups is 1. The fourth-order valence-corrected chi connectivity index (χ4v) is 6.27. The van der Waals surface area contributed by atoms with E-state index in [2.05, 4.69) is 52.3 Å². The average molecular weight is 683 g/mol. The van der Waals surface area contributed by atoms with E-state index >= 15 is 0 Å². The average Bonchev–Trinajstić information content (AvgIpc) is 3.81. The molecule has 0 spiro atoms. The summed E-state index contributed by atoms with van der Waals surface area (Å²) in [6.45, 7) is 11.0. The van der Waals surface area contributed by atoms with Crippen LogP contribution in [0.2, 0.25) is 0 Å². The predicted molar refractivity (Wildman–Crippen MR) is 169 cm³/mol. The van der Waals surface area contributed by atoms with Crippen LogP contribution in [0.25, 0.3) is 11.2 Å². The molecule has 2 aromatic rings. The molecule has 0 bridgehead atoms. The van der Waals surface area contributed by atoms with Gasteiger partial charge >= 0.3 is 18.2 Å². The summed E-state index contributed by atoms with van der Waals surface area (Å²) in [6.07, 6.45) is -4.91. The van der Waals surface area contributed by atoms with Gasteiger partial charge in [0.25, 0.3) is 0 Å². The molecule has 6 N–H and O–H groups in total. The Bertz CT molecular complexity index is 1480. The van der Waals surface area contributed by atoms with Gasteiger partial charge in [-0.05, 0) is 37.6 Å². The van der Waals surface area contributed by atoms with Crippen LogP contribution in [0.1, 0.15) is 65.8 Å². The SMILES string of the molecule is CCC(=O)N[C@H]1C[C@@H](n2cnc3c(NCCC(C)(C)C)nc(N4CC[C@@H](NC(=O)N[C@@H]5CCNC5)C4)nc32)[C@H](OC(=O)C(F)(F)F)[C@@H]1O. The van der Waals surface area contributed by atoms with Crippen LogP contribution in [-0.2, 0) is 14.3 Å². The van der Waals surface area contributed by atoms with E-state index in [1.807, 2.05) is 4.90 Å². The lowest BCUT2D eigenvalue weighted by molar-refractivity contribution is -0.209. The van der Waals surface area contributed by atoms with E-state index in [0.29, 0.717) is 43.3 Å². The van der Waals surface area contributed by atoms with Crippen molar-refractivity contribution in [3.05, 3.63) is 6.33 Å². The molecule has 0 radical (unpaired) electrons. The van der Waals surface area contributed by atoms with Crippen LogP contribution in [0.3, 0.4) is 0 Å². The molecule has 1 aliphatic carbocycles. The van der Waals surface area contributed by atoms with Gasteiger partial charge in [0.15, 0.2) is 23.1 Å². The zero-order chi connectivity index (χ0) is 34.8. The minimum Gasteiger partial charge on any atom is -0.451 e. The van der Waals surface area contributed by atoms with E-state index in [1.54, 1.807) is 6.92 Å². The van der Waals surface area contributed by atoms with Crippen molar-refractivity contribution in [2.75, 3.05) is 42.9 Å². The van der Waals surface area contributed by atoms with Gasteiger partial charge in [-0.2, -0.15) is 23.1 Å². The number of esters is 1. The lowest BCUT2D eigenvalue weighted by Crippen LogP contribution is -2.47. The second-order valence-corrected chi connectivity index (χ2v) is 13.9. The molecule has 2 aromatic heterocycles. The lowest BCUT2D eigenvalue weighted by atomic mass is 9.92. The van der Waals surface area contributed by atoms with E-state index in [0.717, 1.165) is 25.9 Å². The molecule has 6 atom stereocenters. The zero-order valence-corrected chi connectivity index (χ0v) is 27.6. The fraction of sp³-hybridized carbons (Fsp3) is 0.733. The van der Waals surface area contributed by atoms with Gasteiger partial charge in [-0.25, -0.2) is 14.6 Å². The number of nitrogens with zero attached hydrogens (tertiary/aromatic N) is 5. The Hall–Kier alpha value is -3.93. The maximum atomic E-state index is 13.3. The van der Waals surface area contributed by atoms with Crippen LogP contribution in [0.5, 0.6) is 0 Å². The molecule has 0 unspecified atom stereocenters. The quantitative estimate of drug-likeness (QED) is 0.200. The molecule has 266 valence electrons. The molecular weight excluding hydrogens is 637 g/mol.